The van der Waals surface area contributed by atoms with Gasteiger partial charge in [-0.2, -0.15) is 0 Å². The van der Waals surface area contributed by atoms with Crippen LogP contribution in [0.1, 0.15) is 27.5 Å². The van der Waals surface area contributed by atoms with Gasteiger partial charge in [-0.25, -0.2) is 0 Å². The molecule has 3 aromatic carbocycles. The molecule has 34 heavy (non-hydrogen) atoms. The van der Waals surface area contributed by atoms with E-state index >= 15 is 0 Å². The maximum Gasteiger partial charge on any atom is 0.269 e. The highest BCUT2D eigenvalue weighted by Gasteiger charge is 2.33. The molecular weight excluding hydrogens is 504 g/mol. The summed E-state index contributed by atoms with van der Waals surface area (Å²) in [6, 6.07) is 16.6. The Kier molecular flexibility index (Phi) is 7.02. The molecule has 1 aliphatic rings. The number of non-ortho nitro benzene ring substituents is 1. The van der Waals surface area contributed by atoms with E-state index in [1.54, 1.807) is 43.4 Å². The topological polar surface area (TPSA) is 91.1 Å². The lowest BCUT2D eigenvalue weighted by molar-refractivity contribution is -0.384. The Balaban J connectivity index is 1.67. The Labute approximate surface area is 205 Å². The number of benzene rings is 3. The molecule has 1 unspecified atom stereocenters. The minimum absolute atomic E-state index is 0.0146. The summed E-state index contributed by atoms with van der Waals surface area (Å²) in [6.45, 7) is 0.675. The van der Waals surface area contributed by atoms with Crippen LogP contribution in [0.4, 0.5) is 5.69 Å². The minimum atomic E-state index is -0.459. The number of nitro benzene ring substituents is 1. The first-order valence-corrected chi connectivity index (χ1v) is 11.4. The van der Waals surface area contributed by atoms with Crippen LogP contribution in [-0.4, -0.2) is 43.1 Å². The first kappa shape index (κ1) is 23.6. The van der Waals surface area contributed by atoms with Crippen molar-refractivity contribution in [2.45, 2.75) is 12.5 Å². The van der Waals surface area contributed by atoms with Crippen LogP contribution in [0.3, 0.4) is 0 Å². The predicted molar refractivity (Wildman–Crippen MR) is 130 cm³/mol. The Bertz CT molecular complexity index is 1200. The first-order valence-electron chi connectivity index (χ1n) is 10.6. The Morgan fingerprint density at radius 2 is 1.71 bits per heavy atom. The van der Waals surface area contributed by atoms with Gasteiger partial charge in [0.05, 0.1) is 25.2 Å². The largest absolute Gasteiger partial charge is 0.493 e. The number of carbonyl (C=O) groups excluding carboxylic acids is 1. The number of ether oxygens (including phenoxy) is 3. The van der Waals surface area contributed by atoms with Crippen LogP contribution in [0.5, 0.6) is 17.2 Å². The zero-order chi connectivity index (χ0) is 24.2. The third-order valence-electron chi connectivity index (χ3n) is 5.81. The number of nitrogens with zero attached hydrogens (tertiary/aromatic N) is 2. The lowest BCUT2D eigenvalue weighted by Gasteiger charge is -2.37. The summed E-state index contributed by atoms with van der Waals surface area (Å²) in [4.78, 5) is 25.7. The molecule has 9 heteroatoms. The minimum Gasteiger partial charge on any atom is -0.493 e. The second kappa shape index (κ2) is 10.1. The van der Waals surface area contributed by atoms with Gasteiger partial charge >= 0.3 is 0 Å². The Hall–Kier alpha value is -3.59. The summed E-state index contributed by atoms with van der Waals surface area (Å²) < 4.78 is 17.9. The van der Waals surface area contributed by atoms with Gasteiger partial charge in [0, 0.05) is 28.7 Å². The molecule has 3 aromatic rings. The van der Waals surface area contributed by atoms with Crippen LogP contribution in [0.2, 0.25) is 0 Å². The Morgan fingerprint density at radius 1 is 1.06 bits per heavy atom. The zero-order valence-corrected chi connectivity index (χ0v) is 20.3. The fourth-order valence-corrected chi connectivity index (χ4v) is 4.31. The molecule has 1 aliphatic heterocycles. The van der Waals surface area contributed by atoms with E-state index < -0.39 is 11.0 Å². The number of rotatable bonds is 7. The van der Waals surface area contributed by atoms with Gasteiger partial charge in [0.25, 0.3) is 11.6 Å². The number of fused-ring (bicyclic) bond motifs is 1. The van der Waals surface area contributed by atoms with Gasteiger partial charge < -0.3 is 19.1 Å². The van der Waals surface area contributed by atoms with Crippen molar-refractivity contribution in [3.05, 3.63) is 91.9 Å². The fraction of sp³-hybridized carbons (Fsp3) is 0.240. The maximum absolute atomic E-state index is 13.5. The van der Waals surface area contributed by atoms with Gasteiger partial charge in [0.15, 0.2) is 11.5 Å². The van der Waals surface area contributed by atoms with Gasteiger partial charge in [-0.05, 0) is 66.1 Å². The van der Waals surface area contributed by atoms with E-state index in [2.05, 4.69) is 15.9 Å². The lowest BCUT2D eigenvalue weighted by Crippen LogP contribution is -2.42. The molecule has 0 aromatic heterocycles. The number of methoxy groups -OCH3 is 2. The summed E-state index contributed by atoms with van der Waals surface area (Å²) in [5, 5.41) is 10.9. The summed E-state index contributed by atoms with van der Waals surface area (Å²) in [7, 11) is 3.16. The summed E-state index contributed by atoms with van der Waals surface area (Å²) in [5.74, 6) is 1.57. The summed E-state index contributed by atoms with van der Waals surface area (Å²) >= 11 is 3.41. The van der Waals surface area contributed by atoms with Crippen LogP contribution < -0.4 is 14.2 Å². The fourth-order valence-electron chi connectivity index (χ4n) is 4.05. The van der Waals surface area contributed by atoms with Crippen molar-refractivity contribution in [1.29, 1.82) is 0 Å². The van der Waals surface area contributed by atoms with Gasteiger partial charge in [-0.3, -0.25) is 14.9 Å². The molecule has 0 radical (unpaired) electrons. The quantitative estimate of drug-likeness (QED) is 0.310. The summed E-state index contributed by atoms with van der Waals surface area (Å²) in [5.41, 5.74) is 2.53. The van der Waals surface area contributed by atoms with Gasteiger partial charge in [0.2, 0.25) is 0 Å². The molecule has 0 bridgehead atoms. The number of halogens is 1. The van der Waals surface area contributed by atoms with Crippen molar-refractivity contribution in [2.75, 3.05) is 27.4 Å². The van der Waals surface area contributed by atoms with E-state index in [4.69, 9.17) is 14.2 Å². The monoisotopic (exact) mass is 526 g/mol. The molecule has 4 rings (SSSR count). The van der Waals surface area contributed by atoms with E-state index in [1.807, 2.05) is 24.3 Å². The van der Waals surface area contributed by atoms with Crippen LogP contribution in [0.25, 0.3) is 0 Å². The van der Waals surface area contributed by atoms with Crippen LogP contribution in [0.15, 0.2) is 65.1 Å². The molecule has 0 saturated carbocycles. The van der Waals surface area contributed by atoms with Crippen LogP contribution in [0, 0.1) is 10.1 Å². The number of hydrogen-bond acceptors (Lipinski definition) is 6. The molecule has 0 spiro atoms. The van der Waals surface area contributed by atoms with Crippen molar-refractivity contribution >= 4 is 27.5 Å². The SMILES string of the molecule is COc1cc2c(cc1OC)C(COc1ccc([N+](=O)[O-])cc1)N(C(=O)c1ccc(Br)cc1)CC2. The molecule has 1 amide bonds. The smallest absolute Gasteiger partial charge is 0.269 e. The molecule has 1 atom stereocenters. The number of nitro groups is 1. The standard InChI is InChI=1S/C25H23BrN2O6/c1-32-23-13-17-11-12-27(25(29)16-3-5-18(26)6-4-16)22(21(17)14-24(23)33-2)15-34-20-9-7-19(8-10-20)28(30)31/h3-10,13-14,22H,11-12,15H2,1-2H3. The third kappa shape index (κ3) is 4.84. The average Bonchev–Trinajstić information content (AvgIpc) is 2.86. The van der Waals surface area contributed by atoms with E-state index in [-0.39, 0.29) is 18.2 Å². The second-order valence-corrected chi connectivity index (χ2v) is 8.65. The molecule has 1 heterocycles. The van der Waals surface area contributed by atoms with Crippen molar-refractivity contribution in [1.82, 2.24) is 4.90 Å². The lowest BCUT2D eigenvalue weighted by atomic mass is 9.91. The molecule has 176 valence electrons. The molecule has 0 saturated heterocycles. The van der Waals surface area contributed by atoms with Gasteiger partial charge in [-0.1, -0.05) is 15.9 Å². The highest BCUT2D eigenvalue weighted by atomic mass is 79.9. The van der Waals surface area contributed by atoms with E-state index in [1.165, 1.54) is 12.1 Å². The van der Waals surface area contributed by atoms with Crippen molar-refractivity contribution in [3.63, 3.8) is 0 Å². The third-order valence-corrected chi connectivity index (χ3v) is 6.34. The van der Waals surface area contributed by atoms with E-state index in [0.717, 1.165) is 15.6 Å². The van der Waals surface area contributed by atoms with E-state index in [9.17, 15) is 14.9 Å². The highest BCUT2D eigenvalue weighted by molar-refractivity contribution is 9.10. The predicted octanol–water partition coefficient (Wildman–Crippen LogP) is 5.19. The maximum atomic E-state index is 13.5. The first-order chi connectivity index (χ1) is 16.4. The zero-order valence-electron chi connectivity index (χ0n) is 18.7. The normalized spacial score (nSPS) is 14.8. The van der Waals surface area contributed by atoms with Crippen LogP contribution in [-0.2, 0) is 6.42 Å². The second-order valence-electron chi connectivity index (χ2n) is 7.74. The molecular formula is C25H23BrN2O6. The van der Waals surface area contributed by atoms with Crippen molar-refractivity contribution in [2.24, 2.45) is 0 Å². The van der Waals surface area contributed by atoms with E-state index in [0.29, 0.717) is 35.8 Å². The summed E-state index contributed by atoms with van der Waals surface area (Å²) in [6.07, 6.45) is 0.659. The van der Waals surface area contributed by atoms with Crippen molar-refractivity contribution in [3.8, 4) is 17.2 Å². The molecule has 0 N–H and O–H groups in total. The number of amides is 1. The number of carbonyl (C=O) groups is 1. The number of hydrogen-bond donors (Lipinski definition) is 0. The van der Waals surface area contributed by atoms with Gasteiger partial charge in [0.1, 0.15) is 12.4 Å². The average molecular weight is 527 g/mol. The molecule has 0 aliphatic carbocycles. The Morgan fingerprint density at radius 3 is 2.32 bits per heavy atom. The van der Waals surface area contributed by atoms with Crippen molar-refractivity contribution < 1.29 is 23.9 Å². The van der Waals surface area contributed by atoms with Crippen LogP contribution >= 0.6 is 15.9 Å². The highest BCUT2D eigenvalue weighted by Crippen LogP contribution is 2.39. The molecule has 0 fully saturated rings. The molecule has 8 nitrogen and oxygen atoms in total. The van der Waals surface area contributed by atoms with Gasteiger partial charge in [-0.15, -0.1) is 0 Å².